The van der Waals surface area contributed by atoms with Gasteiger partial charge in [0.15, 0.2) is 0 Å². The second-order valence-electron chi connectivity index (χ2n) is 5.36. The Balaban J connectivity index is 1.92. The van der Waals surface area contributed by atoms with E-state index in [1.165, 1.54) is 16.7 Å². The zero-order chi connectivity index (χ0) is 13.4. The Morgan fingerprint density at radius 1 is 1.26 bits per heavy atom. The minimum atomic E-state index is 0.257. The SMILES string of the molecule is COC(Cc1cc2c(cc1OC)CC(N)C2)=[N+]1CC1. The highest BCUT2D eigenvalue weighted by atomic mass is 16.5. The monoisotopic (exact) mass is 261 g/mol. The van der Waals surface area contributed by atoms with E-state index in [4.69, 9.17) is 15.2 Å². The first-order valence-corrected chi connectivity index (χ1v) is 6.80. The Morgan fingerprint density at radius 2 is 1.95 bits per heavy atom. The molecule has 1 aliphatic heterocycles. The third kappa shape index (κ3) is 2.45. The smallest absolute Gasteiger partial charge is 0.341 e. The number of benzene rings is 1. The molecule has 0 bridgehead atoms. The van der Waals surface area contributed by atoms with Gasteiger partial charge in [0.05, 0.1) is 20.6 Å². The van der Waals surface area contributed by atoms with Gasteiger partial charge in [-0.05, 0) is 30.0 Å². The molecule has 2 N–H and O–H groups in total. The summed E-state index contributed by atoms with van der Waals surface area (Å²) in [6.45, 7) is 2.20. The molecule has 1 saturated heterocycles. The van der Waals surface area contributed by atoms with Crippen LogP contribution < -0.4 is 10.5 Å². The van der Waals surface area contributed by atoms with Gasteiger partial charge in [-0.3, -0.25) is 0 Å². The molecule has 4 heteroatoms. The van der Waals surface area contributed by atoms with E-state index in [0.717, 1.165) is 44.0 Å². The predicted octanol–water partition coefficient (Wildman–Crippen LogP) is 0.735. The average molecular weight is 261 g/mol. The average Bonchev–Trinajstić information content (AvgIpc) is 3.17. The van der Waals surface area contributed by atoms with Crippen LogP contribution in [0.3, 0.4) is 0 Å². The lowest BCUT2D eigenvalue weighted by atomic mass is 10.0. The van der Waals surface area contributed by atoms with Crippen LogP contribution in [0.1, 0.15) is 16.7 Å². The van der Waals surface area contributed by atoms with E-state index in [2.05, 4.69) is 16.7 Å². The summed E-state index contributed by atoms with van der Waals surface area (Å²) in [5, 5.41) is 0. The van der Waals surface area contributed by atoms with Gasteiger partial charge in [-0.1, -0.05) is 6.07 Å². The Labute approximate surface area is 113 Å². The Kier molecular flexibility index (Phi) is 3.19. The summed E-state index contributed by atoms with van der Waals surface area (Å²) in [6, 6.07) is 4.64. The van der Waals surface area contributed by atoms with Gasteiger partial charge in [0.1, 0.15) is 5.75 Å². The summed E-state index contributed by atoms with van der Waals surface area (Å²) in [4.78, 5) is 0. The van der Waals surface area contributed by atoms with Gasteiger partial charge in [0.25, 0.3) is 0 Å². The number of methoxy groups -OCH3 is 2. The molecule has 0 amide bonds. The third-order valence-corrected chi connectivity index (χ3v) is 3.94. The number of ether oxygens (including phenoxy) is 2. The van der Waals surface area contributed by atoms with Crippen molar-refractivity contribution >= 4 is 5.90 Å². The number of hydrogen-bond donors (Lipinski definition) is 1. The maximum Gasteiger partial charge on any atom is 0.341 e. The van der Waals surface area contributed by atoms with Crippen molar-refractivity contribution in [1.82, 2.24) is 0 Å². The molecular weight excluding hydrogens is 240 g/mol. The normalized spacial score (nSPS) is 20.2. The van der Waals surface area contributed by atoms with Gasteiger partial charge in [-0.15, -0.1) is 0 Å². The number of hydrogen-bond acceptors (Lipinski definition) is 3. The van der Waals surface area contributed by atoms with E-state index in [9.17, 15) is 0 Å². The first-order valence-electron chi connectivity index (χ1n) is 6.80. The molecule has 102 valence electrons. The van der Waals surface area contributed by atoms with Crippen LogP contribution in [0.25, 0.3) is 0 Å². The minimum Gasteiger partial charge on any atom is -0.496 e. The molecule has 4 nitrogen and oxygen atoms in total. The minimum absolute atomic E-state index is 0.257. The molecule has 19 heavy (non-hydrogen) atoms. The van der Waals surface area contributed by atoms with Crippen molar-refractivity contribution in [3.8, 4) is 5.75 Å². The number of fused-ring (bicyclic) bond motifs is 1. The van der Waals surface area contributed by atoms with Gasteiger partial charge in [-0.2, -0.15) is 4.58 Å². The van der Waals surface area contributed by atoms with Gasteiger partial charge >= 0.3 is 5.90 Å². The topological polar surface area (TPSA) is 47.5 Å². The summed E-state index contributed by atoms with van der Waals surface area (Å²) in [5.41, 5.74) is 9.92. The van der Waals surface area contributed by atoms with Crippen LogP contribution in [0.5, 0.6) is 5.75 Å². The Morgan fingerprint density at radius 3 is 2.53 bits per heavy atom. The summed E-state index contributed by atoms with van der Waals surface area (Å²) in [6.07, 6.45) is 2.72. The van der Waals surface area contributed by atoms with E-state index in [0.29, 0.717) is 0 Å². The molecule has 1 heterocycles. The van der Waals surface area contributed by atoms with Crippen molar-refractivity contribution < 1.29 is 14.0 Å². The Hall–Kier alpha value is -1.55. The maximum atomic E-state index is 6.03. The summed E-state index contributed by atoms with van der Waals surface area (Å²) in [7, 11) is 3.47. The molecule has 1 aromatic carbocycles. The van der Waals surface area contributed by atoms with Crippen LogP contribution in [0, 0.1) is 0 Å². The molecule has 1 aromatic rings. The van der Waals surface area contributed by atoms with Crippen molar-refractivity contribution in [2.75, 3.05) is 27.3 Å². The van der Waals surface area contributed by atoms with Gasteiger partial charge < -0.3 is 15.2 Å². The van der Waals surface area contributed by atoms with Crippen LogP contribution in [-0.2, 0) is 24.0 Å². The highest BCUT2D eigenvalue weighted by Gasteiger charge is 2.30. The molecule has 0 spiro atoms. The van der Waals surface area contributed by atoms with Crippen LogP contribution in [-0.4, -0.2) is 43.8 Å². The van der Waals surface area contributed by atoms with Gasteiger partial charge in [-0.25, -0.2) is 0 Å². The van der Waals surface area contributed by atoms with Crippen molar-refractivity contribution in [2.45, 2.75) is 25.3 Å². The van der Waals surface area contributed by atoms with Crippen molar-refractivity contribution in [3.63, 3.8) is 0 Å². The van der Waals surface area contributed by atoms with E-state index in [1.807, 2.05) is 0 Å². The quantitative estimate of drug-likeness (QED) is 0.496. The fourth-order valence-corrected chi connectivity index (χ4v) is 2.84. The highest BCUT2D eigenvalue weighted by molar-refractivity contribution is 5.75. The lowest BCUT2D eigenvalue weighted by molar-refractivity contribution is -0.350. The fraction of sp³-hybridized carbons (Fsp3) is 0.533. The second kappa shape index (κ2) is 4.85. The maximum absolute atomic E-state index is 6.03. The predicted molar refractivity (Wildman–Crippen MR) is 74.1 cm³/mol. The van der Waals surface area contributed by atoms with Crippen LogP contribution in [0.4, 0.5) is 0 Å². The molecule has 0 aromatic heterocycles. The number of nitrogens with zero attached hydrogens (tertiary/aromatic N) is 1. The summed E-state index contributed by atoms with van der Waals surface area (Å²) in [5.74, 6) is 1.98. The molecule has 1 fully saturated rings. The fourth-order valence-electron chi connectivity index (χ4n) is 2.84. The molecule has 1 unspecified atom stereocenters. The number of nitrogens with two attached hydrogens (primary N) is 1. The van der Waals surface area contributed by atoms with Crippen molar-refractivity contribution in [2.24, 2.45) is 5.73 Å². The van der Waals surface area contributed by atoms with Gasteiger partial charge in [0.2, 0.25) is 13.1 Å². The molecule has 1 atom stereocenters. The molecule has 1 aliphatic carbocycles. The van der Waals surface area contributed by atoms with E-state index < -0.39 is 0 Å². The second-order valence-corrected chi connectivity index (χ2v) is 5.36. The largest absolute Gasteiger partial charge is 0.496 e. The molecule has 3 rings (SSSR count). The van der Waals surface area contributed by atoms with Crippen LogP contribution in [0.15, 0.2) is 12.1 Å². The van der Waals surface area contributed by atoms with E-state index in [1.54, 1.807) is 14.2 Å². The van der Waals surface area contributed by atoms with Gasteiger partial charge in [0, 0.05) is 11.6 Å². The van der Waals surface area contributed by atoms with Crippen molar-refractivity contribution in [1.29, 1.82) is 0 Å². The zero-order valence-corrected chi connectivity index (χ0v) is 11.6. The molecule has 0 saturated carbocycles. The molecule has 2 aliphatic rings. The standard InChI is InChI=1S/C15H21N2O2/c1-18-14-8-11-7-13(16)6-10(11)5-12(14)9-15(19-2)17-3-4-17/h5,8,13H,3-4,6-7,9,16H2,1-2H3/q+1. The zero-order valence-electron chi connectivity index (χ0n) is 11.6. The lowest BCUT2D eigenvalue weighted by Gasteiger charge is -2.10. The molecule has 0 radical (unpaired) electrons. The Bertz CT molecular complexity index is 531. The lowest BCUT2D eigenvalue weighted by Crippen LogP contribution is -2.19. The highest BCUT2D eigenvalue weighted by Crippen LogP contribution is 2.30. The third-order valence-electron chi connectivity index (χ3n) is 3.94. The molecular formula is C15H21N2O2+. The van der Waals surface area contributed by atoms with Crippen LogP contribution >= 0.6 is 0 Å². The first kappa shape index (κ1) is 12.5. The van der Waals surface area contributed by atoms with E-state index >= 15 is 0 Å². The first-order chi connectivity index (χ1) is 9.21. The number of rotatable bonds is 3. The van der Waals surface area contributed by atoms with Crippen LogP contribution in [0.2, 0.25) is 0 Å². The summed E-state index contributed by atoms with van der Waals surface area (Å²) < 4.78 is 13.2. The van der Waals surface area contributed by atoms with Crippen molar-refractivity contribution in [3.05, 3.63) is 28.8 Å². The summed E-state index contributed by atoms with van der Waals surface area (Å²) >= 11 is 0. The van der Waals surface area contributed by atoms with E-state index in [-0.39, 0.29) is 6.04 Å².